The van der Waals surface area contributed by atoms with E-state index in [9.17, 15) is 35.5 Å². The first-order valence-electron chi connectivity index (χ1n) is 6.56. The number of carboxylic acid groups (broad SMARTS) is 1. The number of hydrogen-bond donors (Lipinski definition) is 1. The van der Waals surface area contributed by atoms with E-state index >= 15 is 0 Å². The molecule has 1 aromatic carbocycles. The molecule has 0 saturated carbocycles. The molecule has 0 saturated heterocycles. The zero-order valence-corrected chi connectivity index (χ0v) is 12.8. The Morgan fingerprint density at radius 2 is 1.60 bits per heavy atom. The monoisotopic (exact) mass is 378 g/mol. The van der Waals surface area contributed by atoms with Crippen molar-refractivity contribution in [3.63, 3.8) is 0 Å². The van der Waals surface area contributed by atoms with Gasteiger partial charge in [0.05, 0.1) is 0 Å². The summed E-state index contributed by atoms with van der Waals surface area (Å²) in [5.41, 5.74) is -2.34. The lowest BCUT2D eigenvalue weighted by molar-refractivity contribution is -0.143. The molecule has 4 nitrogen and oxygen atoms in total. The fraction of sp³-hybridized carbons (Fsp3) is 0.357. The minimum atomic E-state index is -5.24. The van der Waals surface area contributed by atoms with Crippen LogP contribution in [-0.4, -0.2) is 24.3 Å². The number of hydrogen-bond acceptors (Lipinski definition) is 3. The highest BCUT2D eigenvalue weighted by molar-refractivity contribution is 5.85. The van der Waals surface area contributed by atoms with Gasteiger partial charge in [-0.15, -0.1) is 0 Å². The Bertz CT molecular complexity index is 598. The van der Waals surface area contributed by atoms with Gasteiger partial charge in [0, 0.05) is 6.08 Å². The second kappa shape index (κ2) is 9.74. The Morgan fingerprint density at radius 1 is 1.08 bits per heavy atom. The van der Waals surface area contributed by atoms with Crippen LogP contribution < -0.4 is 9.47 Å². The van der Waals surface area contributed by atoms with Gasteiger partial charge in [-0.05, 0) is 23.8 Å². The van der Waals surface area contributed by atoms with E-state index in [-0.39, 0.29) is 6.07 Å². The summed E-state index contributed by atoms with van der Waals surface area (Å²) < 4.78 is 95.0. The standard InChI is InChI=1S/C12H7F7O4.C2H6/c13-10(14)22-7-4-5(1-2-8(20)21)3-6(12(17,18)19)9(7)23-11(15)16;1-2/h1-4,10-11H,(H,20,21);1-2H3/b2-1+;. The molecule has 1 rings (SSSR count). The summed E-state index contributed by atoms with van der Waals surface area (Å²) >= 11 is 0. The SMILES string of the molecule is CC.O=C(O)/C=C/c1cc(OC(F)F)c(OC(F)F)c(C(F)(F)F)c1. The molecule has 0 aliphatic rings. The molecule has 11 heteroatoms. The van der Waals surface area contributed by atoms with E-state index in [4.69, 9.17) is 5.11 Å². The predicted octanol–water partition coefficient (Wildman–Crippen LogP) is 5.03. The van der Waals surface area contributed by atoms with Gasteiger partial charge >= 0.3 is 25.4 Å². The predicted molar refractivity (Wildman–Crippen MR) is 72.7 cm³/mol. The smallest absolute Gasteiger partial charge is 0.420 e. The van der Waals surface area contributed by atoms with Gasteiger partial charge in [0.15, 0.2) is 11.5 Å². The van der Waals surface area contributed by atoms with Gasteiger partial charge in [0.25, 0.3) is 0 Å². The van der Waals surface area contributed by atoms with Gasteiger partial charge in [-0.3, -0.25) is 0 Å². The van der Waals surface area contributed by atoms with Crippen molar-refractivity contribution in [2.45, 2.75) is 33.2 Å². The Hall–Kier alpha value is -2.46. The highest BCUT2D eigenvalue weighted by Gasteiger charge is 2.38. The maximum Gasteiger partial charge on any atom is 0.420 e. The topological polar surface area (TPSA) is 55.8 Å². The lowest BCUT2D eigenvalue weighted by atomic mass is 10.1. The van der Waals surface area contributed by atoms with Crippen LogP contribution in [0.1, 0.15) is 25.0 Å². The summed E-state index contributed by atoms with van der Waals surface area (Å²) in [7, 11) is 0. The average Bonchev–Trinajstić information content (AvgIpc) is 2.47. The summed E-state index contributed by atoms with van der Waals surface area (Å²) in [6.45, 7) is -3.34. The molecular weight excluding hydrogens is 365 g/mol. The molecule has 0 bridgehead atoms. The van der Waals surface area contributed by atoms with Crippen molar-refractivity contribution in [1.82, 2.24) is 0 Å². The van der Waals surface area contributed by atoms with Crippen LogP contribution in [0.4, 0.5) is 30.7 Å². The number of halogens is 7. The third kappa shape index (κ3) is 7.77. The van der Waals surface area contributed by atoms with Gasteiger partial charge in [-0.1, -0.05) is 13.8 Å². The van der Waals surface area contributed by atoms with Crippen molar-refractivity contribution in [3.8, 4) is 11.5 Å². The van der Waals surface area contributed by atoms with Crippen LogP contribution in [0.25, 0.3) is 6.08 Å². The molecule has 0 aromatic heterocycles. The van der Waals surface area contributed by atoms with Gasteiger partial charge in [0.1, 0.15) is 5.56 Å². The van der Waals surface area contributed by atoms with E-state index in [1.807, 2.05) is 13.8 Å². The summed E-state index contributed by atoms with van der Waals surface area (Å²) in [6, 6.07) is 0.772. The van der Waals surface area contributed by atoms with Crippen LogP contribution in [0.3, 0.4) is 0 Å². The number of rotatable bonds is 6. The van der Waals surface area contributed by atoms with Gasteiger partial charge in [-0.2, -0.15) is 30.7 Å². The van der Waals surface area contributed by atoms with Crippen molar-refractivity contribution in [2.24, 2.45) is 0 Å². The zero-order valence-electron chi connectivity index (χ0n) is 12.8. The maximum atomic E-state index is 12.9. The van der Waals surface area contributed by atoms with Crippen LogP contribution >= 0.6 is 0 Å². The first-order valence-corrected chi connectivity index (χ1v) is 6.56. The van der Waals surface area contributed by atoms with Gasteiger partial charge in [-0.25, -0.2) is 4.79 Å². The maximum absolute atomic E-state index is 12.9. The third-order valence-corrected chi connectivity index (χ3v) is 2.22. The molecular formula is C14H13F7O4. The first-order chi connectivity index (χ1) is 11.5. The third-order valence-electron chi connectivity index (χ3n) is 2.22. The fourth-order valence-corrected chi connectivity index (χ4v) is 1.49. The summed E-state index contributed by atoms with van der Waals surface area (Å²) in [4.78, 5) is 10.3. The minimum Gasteiger partial charge on any atom is -0.478 e. The molecule has 0 aliphatic carbocycles. The Morgan fingerprint density at radius 3 is 2.00 bits per heavy atom. The van der Waals surface area contributed by atoms with Gasteiger partial charge in [0.2, 0.25) is 0 Å². The van der Waals surface area contributed by atoms with E-state index in [0.717, 1.165) is 0 Å². The molecule has 0 unspecified atom stereocenters. The first kappa shape index (κ1) is 22.5. The fourth-order valence-electron chi connectivity index (χ4n) is 1.49. The Balaban J connectivity index is 0.00000277. The molecule has 0 heterocycles. The number of alkyl halides is 7. The lowest BCUT2D eigenvalue weighted by Gasteiger charge is -2.18. The summed E-state index contributed by atoms with van der Waals surface area (Å²) in [6.07, 6.45) is -4.17. The number of carboxylic acids is 1. The number of carbonyl (C=O) groups is 1. The average molecular weight is 378 g/mol. The van der Waals surface area contributed by atoms with Crippen LogP contribution in [-0.2, 0) is 11.0 Å². The molecule has 0 atom stereocenters. The minimum absolute atomic E-state index is 0.259. The molecule has 25 heavy (non-hydrogen) atoms. The van der Waals surface area contributed by atoms with Crippen molar-refractivity contribution in [1.29, 1.82) is 0 Å². The quantitative estimate of drug-likeness (QED) is 0.557. The van der Waals surface area contributed by atoms with E-state index in [1.54, 1.807) is 0 Å². The largest absolute Gasteiger partial charge is 0.478 e. The van der Waals surface area contributed by atoms with Crippen molar-refractivity contribution in [2.75, 3.05) is 0 Å². The van der Waals surface area contributed by atoms with Crippen LogP contribution in [0, 0.1) is 0 Å². The lowest BCUT2D eigenvalue weighted by Crippen LogP contribution is -2.14. The highest BCUT2D eigenvalue weighted by atomic mass is 19.4. The van der Waals surface area contributed by atoms with Gasteiger partial charge < -0.3 is 14.6 Å². The number of benzene rings is 1. The van der Waals surface area contributed by atoms with Crippen LogP contribution in [0.15, 0.2) is 18.2 Å². The van der Waals surface area contributed by atoms with E-state index < -0.39 is 48.0 Å². The van der Waals surface area contributed by atoms with Crippen molar-refractivity contribution < 1.29 is 50.1 Å². The highest BCUT2D eigenvalue weighted by Crippen LogP contribution is 2.44. The second-order valence-corrected chi connectivity index (χ2v) is 3.82. The molecule has 0 amide bonds. The summed E-state index contributed by atoms with van der Waals surface area (Å²) in [5.74, 6) is -4.46. The Labute approximate surface area is 137 Å². The molecule has 1 N–H and O–H groups in total. The van der Waals surface area contributed by atoms with Crippen LogP contribution in [0.2, 0.25) is 0 Å². The molecule has 1 aromatic rings. The van der Waals surface area contributed by atoms with Crippen molar-refractivity contribution >= 4 is 12.0 Å². The summed E-state index contributed by atoms with van der Waals surface area (Å²) in [5, 5.41) is 8.41. The van der Waals surface area contributed by atoms with Crippen molar-refractivity contribution in [3.05, 3.63) is 29.3 Å². The van der Waals surface area contributed by atoms with E-state index in [2.05, 4.69) is 9.47 Å². The molecule has 0 spiro atoms. The molecule has 0 fully saturated rings. The van der Waals surface area contributed by atoms with Crippen LogP contribution in [0.5, 0.6) is 11.5 Å². The second-order valence-electron chi connectivity index (χ2n) is 3.82. The van der Waals surface area contributed by atoms with E-state index in [1.165, 1.54) is 0 Å². The number of aliphatic carboxylic acids is 1. The number of ether oxygens (including phenoxy) is 2. The Kier molecular flexibility index (Phi) is 8.78. The zero-order chi connectivity index (χ0) is 19.8. The normalized spacial score (nSPS) is 11.5. The molecule has 0 radical (unpaired) electrons. The van der Waals surface area contributed by atoms with E-state index in [0.29, 0.717) is 18.2 Å². The molecule has 142 valence electrons. The molecule has 0 aliphatic heterocycles.